The molecule has 1 aliphatic rings. The van der Waals surface area contributed by atoms with Crippen LogP contribution in [0.2, 0.25) is 0 Å². The summed E-state index contributed by atoms with van der Waals surface area (Å²) in [6, 6.07) is -1.82. The van der Waals surface area contributed by atoms with Crippen LogP contribution in [0, 0.1) is 5.92 Å². The first-order chi connectivity index (χ1) is 20.7. The molecular formula is C31H59N5O7S. The number of aliphatic hydroxyl groups excluding tert-OH is 1. The summed E-state index contributed by atoms with van der Waals surface area (Å²) >= 11 is 1.32. The largest absolute Gasteiger partial charge is 0.392 e. The molecule has 256 valence electrons. The van der Waals surface area contributed by atoms with Gasteiger partial charge in [-0.3, -0.25) is 24.1 Å². The Morgan fingerprint density at radius 2 is 1.73 bits per heavy atom. The molecular weight excluding hydrogens is 586 g/mol. The standard InChI is InChI=1S/C31H59N5O7S/c1-9-11-13-22(3)25(37)20-26(38)33-23(10-2)28(40)35(7)30(44-19-12-14-36-15-17-43-18-16-36)29(41)34(6)24(27(32)39)21-31(4,5)42-8/h22-25,30,37H,9-21H2,1-8H3,(H2,32,39)(H,33,38)/t22-,23+,24+,25+,30-/m1/s1. The van der Waals surface area contributed by atoms with E-state index >= 15 is 0 Å². The highest BCUT2D eigenvalue weighted by molar-refractivity contribution is 8.00. The van der Waals surface area contributed by atoms with Crippen molar-refractivity contribution < 1.29 is 33.8 Å². The van der Waals surface area contributed by atoms with Gasteiger partial charge in [0.15, 0.2) is 5.37 Å². The Hall–Kier alpha value is -1.93. The molecule has 12 nitrogen and oxygen atoms in total. The van der Waals surface area contributed by atoms with Gasteiger partial charge in [-0.2, -0.15) is 0 Å². The summed E-state index contributed by atoms with van der Waals surface area (Å²) in [4.78, 5) is 58.0. The summed E-state index contributed by atoms with van der Waals surface area (Å²) in [7, 11) is 4.59. The van der Waals surface area contributed by atoms with Crippen molar-refractivity contribution in [3.8, 4) is 0 Å². The van der Waals surface area contributed by atoms with Gasteiger partial charge in [0, 0.05) is 40.7 Å². The first-order valence-corrected chi connectivity index (χ1v) is 17.0. The van der Waals surface area contributed by atoms with Crippen LogP contribution in [-0.2, 0) is 28.7 Å². The molecule has 0 aromatic heterocycles. The van der Waals surface area contributed by atoms with Gasteiger partial charge in [0.2, 0.25) is 17.7 Å². The number of carbonyl (C=O) groups is 4. The van der Waals surface area contributed by atoms with Crippen molar-refractivity contribution >= 4 is 35.4 Å². The van der Waals surface area contributed by atoms with Crippen LogP contribution in [0.25, 0.3) is 0 Å². The maximum atomic E-state index is 14.0. The molecule has 1 aliphatic heterocycles. The third kappa shape index (κ3) is 13.6. The minimum Gasteiger partial charge on any atom is -0.392 e. The molecule has 44 heavy (non-hydrogen) atoms. The number of morpholine rings is 1. The Morgan fingerprint density at radius 1 is 1.09 bits per heavy atom. The number of nitrogens with zero attached hydrogens (tertiary/aromatic N) is 3. The molecule has 1 fully saturated rings. The van der Waals surface area contributed by atoms with Crippen molar-refractivity contribution in [2.24, 2.45) is 11.7 Å². The lowest BCUT2D eigenvalue weighted by atomic mass is 9.95. The van der Waals surface area contributed by atoms with Crippen LogP contribution in [-0.4, -0.2) is 132 Å². The minimum atomic E-state index is -0.949. The number of amides is 4. The lowest BCUT2D eigenvalue weighted by Crippen LogP contribution is -2.57. The summed E-state index contributed by atoms with van der Waals surface area (Å²) in [5.74, 6) is -1.38. The summed E-state index contributed by atoms with van der Waals surface area (Å²) in [6.07, 6.45) is 3.16. The molecule has 0 unspecified atom stereocenters. The number of unbranched alkanes of at least 4 members (excludes halogenated alkanes) is 1. The summed E-state index contributed by atoms with van der Waals surface area (Å²) in [5, 5.41) is 12.3. The van der Waals surface area contributed by atoms with Crippen molar-refractivity contribution in [3.63, 3.8) is 0 Å². The van der Waals surface area contributed by atoms with E-state index in [1.807, 2.05) is 20.8 Å². The maximum absolute atomic E-state index is 14.0. The quantitative estimate of drug-likeness (QED) is 0.125. The van der Waals surface area contributed by atoms with Gasteiger partial charge in [-0.05, 0) is 51.3 Å². The van der Waals surface area contributed by atoms with Gasteiger partial charge in [0.1, 0.15) is 12.1 Å². The molecule has 0 bridgehead atoms. The minimum absolute atomic E-state index is 0.0353. The van der Waals surface area contributed by atoms with Crippen LogP contribution in [0.1, 0.15) is 79.6 Å². The number of hydrogen-bond donors (Lipinski definition) is 3. The highest BCUT2D eigenvalue weighted by atomic mass is 32.2. The lowest BCUT2D eigenvalue weighted by Gasteiger charge is -2.37. The van der Waals surface area contributed by atoms with Crippen LogP contribution in [0.4, 0.5) is 0 Å². The molecule has 0 aromatic rings. The Morgan fingerprint density at radius 3 is 2.27 bits per heavy atom. The van der Waals surface area contributed by atoms with Gasteiger partial charge in [-0.1, -0.05) is 33.6 Å². The zero-order valence-electron chi connectivity index (χ0n) is 28.3. The first-order valence-electron chi connectivity index (χ1n) is 16.0. The van der Waals surface area contributed by atoms with Gasteiger partial charge in [-0.15, -0.1) is 11.8 Å². The lowest BCUT2D eigenvalue weighted by molar-refractivity contribution is -0.146. The molecule has 4 N–H and O–H groups in total. The molecule has 13 heteroatoms. The van der Waals surface area contributed by atoms with Gasteiger partial charge in [0.25, 0.3) is 5.91 Å². The van der Waals surface area contributed by atoms with Crippen molar-refractivity contribution in [2.45, 2.75) is 109 Å². The fourth-order valence-electron chi connectivity index (χ4n) is 5.02. The van der Waals surface area contributed by atoms with E-state index in [2.05, 4.69) is 17.1 Å². The predicted molar refractivity (Wildman–Crippen MR) is 174 cm³/mol. The molecule has 0 saturated carbocycles. The molecule has 0 aliphatic carbocycles. The van der Waals surface area contributed by atoms with E-state index in [1.165, 1.54) is 35.7 Å². The zero-order chi connectivity index (χ0) is 33.4. The van der Waals surface area contributed by atoms with E-state index in [0.717, 1.165) is 45.3 Å². The van der Waals surface area contributed by atoms with E-state index in [-0.39, 0.29) is 18.8 Å². The summed E-state index contributed by atoms with van der Waals surface area (Å²) in [6.45, 7) is 13.3. The molecule has 5 atom stereocenters. The summed E-state index contributed by atoms with van der Waals surface area (Å²) < 4.78 is 10.9. The first kappa shape index (κ1) is 40.1. The Balaban J connectivity index is 3.08. The van der Waals surface area contributed by atoms with Crippen molar-refractivity contribution in [3.05, 3.63) is 0 Å². The predicted octanol–water partition coefficient (Wildman–Crippen LogP) is 1.83. The number of hydrogen-bond acceptors (Lipinski definition) is 9. The normalized spacial score (nSPS) is 17.7. The van der Waals surface area contributed by atoms with Crippen molar-refractivity contribution in [1.29, 1.82) is 0 Å². The van der Waals surface area contributed by atoms with Gasteiger partial charge >= 0.3 is 0 Å². The number of ether oxygens (including phenoxy) is 2. The third-order valence-corrected chi connectivity index (χ3v) is 9.75. The SMILES string of the molecule is CCCC[C@@H](C)[C@@H](O)CC(=O)N[C@@H](CC)C(=O)N(C)[C@H](SCCCN1CCOCC1)C(=O)N(C)[C@@H](CC(C)(C)OC)C(N)=O. The van der Waals surface area contributed by atoms with E-state index in [0.29, 0.717) is 25.4 Å². The average molecular weight is 646 g/mol. The smallest absolute Gasteiger partial charge is 0.256 e. The number of rotatable bonds is 21. The number of carbonyl (C=O) groups excluding carboxylic acids is 4. The van der Waals surface area contributed by atoms with Crippen LogP contribution in [0.3, 0.4) is 0 Å². The fraction of sp³-hybridized carbons (Fsp3) is 0.871. The van der Waals surface area contributed by atoms with Crippen LogP contribution < -0.4 is 11.1 Å². The topological polar surface area (TPSA) is 155 Å². The Kier molecular flexibility index (Phi) is 18.4. The second-order valence-electron chi connectivity index (χ2n) is 12.4. The van der Waals surface area contributed by atoms with Gasteiger partial charge in [0.05, 0.1) is 31.3 Å². The third-order valence-electron chi connectivity index (χ3n) is 8.40. The van der Waals surface area contributed by atoms with Crippen LogP contribution in [0.5, 0.6) is 0 Å². The van der Waals surface area contributed by atoms with Gasteiger partial charge in [-0.25, -0.2) is 0 Å². The Bertz CT molecular complexity index is 903. The molecule has 0 spiro atoms. The van der Waals surface area contributed by atoms with Crippen LogP contribution >= 0.6 is 11.8 Å². The number of likely N-dealkylation sites (N-methyl/N-ethyl adjacent to an activating group) is 2. The number of methoxy groups -OCH3 is 1. The average Bonchev–Trinajstić information content (AvgIpc) is 3.00. The monoisotopic (exact) mass is 645 g/mol. The number of aliphatic hydroxyl groups is 1. The summed E-state index contributed by atoms with van der Waals surface area (Å²) in [5.41, 5.74) is 5.02. The van der Waals surface area contributed by atoms with Gasteiger partial charge < -0.3 is 35.4 Å². The van der Waals surface area contributed by atoms with E-state index in [4.69, 9.17) is 15.2 Å². The van der Waals surface area contributed by atoms with Crippen molar-refractivity contribution in [1.82, 2.24) is 20.0 Å². The second-order valence-corrected chi connectivity index (χ2v) is 13.6. The van der Waals surface area contributed by atoms with E-state index in [9.17, 15) is 24.3 Å². The highest BCUT2D eigenvalue weighted by Gasteiger charge is 2.38. The number of primary amides is 1. The highest BCUT2D eigenvalue weighted by Crippen LogP contribution is 2.24. The molecule has 0 radical (unpaired) electrons. The fourth-order valence-corrected chi connectivity index (χ4v) is 6.18. The molecule has 4 amide bonds. The zero-order valence-corrected chi connectivity index (χ0v) is 29.1. The van der Waals surface area contributed by atoms with Crippen LogP contribution in [0.15, 0.2) is 0 Å². The molecule has 1 rings (SSSR count). The molecule has 1 heterocycles. The number of thioether (sulfide) groups is 1. The molecule has 0 aromatic carbocycles. The number of nitrogens with one attached hydrogen (secondary N) is 1. The van der Waals surface area contributed by atoms with E-state index < -0.39 is 52.8 Å². The van der Waals surface area contributed by atoms with Crippen molar-refractivity contribution in [2.75, 3.05) is 59.8 Å². The maximum Gasteiger partial charge on any atom is 0.256 e. The Labute approximate surface area is 269 Å². The molecule has 1 saturated heterocycles. The van der Waals surface area contributed by atoms with E-state index in [1.54, 1.807) is 14.0 Å². The number of nitrogens with two attached hydrogens (primary N) is 1. The second kappa shape index (κ2) is 20.2.